The number of aliphatic hydroxyl groups is 1. The molecule has 0 spiro atoms. The first-order valence-corrected chi connectivity index (χ1v) is 6.95. The van der Waals surface area contributed by atoms with Crippen LogP contribution in [0, 0.1) is 5.92 Å². The smallest absolute Gasteiger partial charge is 0.216 e. The van der Waals surface area contributed by atoms with Crippen molar-refractivity contribution in [1.29, 1.82) is 0 Å². The summed E-state index contributed by atoms with van der Waals surface area (Å²) in [5.74, 6) is 0.549. The fraction of sp³-hybridized carbons (Fsp3) is 0.429. The fourth-order valence-corrected chi connectivity index (χ4v) is 1.98. The molecule has 7 heteroatoms. The van der Waals surface area contributed by atoms with Crippen LogP contribution in [0.5, 0.6) is 0 Å². The van der Waals surface area contributed by atoms with E-state index in [1.54, 1.807) is 6.07 Å². The molecule has 0 aliphatic rings. The van der Waals surface area contributed by atoms with Crippen LogP contribution in [0.15, 0.2) is 24.8 Å². The van der Waals surface area contributed by atoms with Crippen LogP contribution in [0.2, 0.25) is 0 Å². The van der Waals surface area contributed by atoms with Gasteiger partial charge in [0.2, 0.25) is 5.78 Å². The van der Waals surface area contributed by atoms with Crippen LogP contribution in [0.4, 0.5) is 5.82 Å². The third-order valence-corrected chi connectivity index (χ3v) is 3.38. The van der Waals surface area contributed by atoms with Gasteiger partial charge in [0.15, 0.2) is 0 Å². The minimum atomic E-state index is -0.204. The van der Waals surface area contributed by atoms with Crippen molar-refractivity contribution in [2.75, 3.05) is 18.5 Å². The summed E-state index contributed by atoms with van der Waals surface area (Å²) in [4.78, 5) is 20.3. The highest BCUT2D eigenvalue weighted by molar-refractivity contribution is 6.10. The largest absolute Gasteiger partial charge is 0.396 e. The molecule has 0 aliphatic heterocycles. The molecule has 1 unspecified atom stereocenters. The van der Waals surface area contributed by atoms with E-state index in [1.165, 1.54) is 18.7 Å². The topological polar surface area (TPSA) is 104 Å². The Bertz CT molecular complexity index is 567. The summed E-state index contributed by atoms with van der Waals surface area (Å²) in [6.07, 6.45) is 6.14. The number of hydrogen-bond donors (Lipinski definition) is 3. The van der Waals surface area contributed by atoms with Gasteiger partial charge >= 0.3 is 0 Å². The standard InChI is InChI=1S/C14H19N5O2/c1-2-10(8-20)3-5-16-14-11(7-15-9-17-14)13(21)12-4-6-18-19-12/h4,6-7,9-10,20H,2-3,5,8H2,1H3,(H,18,19)(H,15,16,17). The zero-order valence-corrected chi connectivity index (χ0v) is 11.9. The summed E-state index contributed by atoms with van der Waals surface area (Å²) in [5, 5.41) is 18.7. The fourth-order valence-electron chi connectivity index (χ4n) is 1.98. The van der Waals surface area contributed by atoms with Crippen molar-refractivity contribution in [2.24, 2.45) is 5.92 Å². The molecule has 0 bridgehead atoms. The second-order valence-electron chi connectivity index (χ2n) is 4.76. The molecule has 112 valence electrons. The second-order valence-corrected chi connectivity index (χ2v) is 4.76. The molecular formula is C14H19N5O2. The summed E-state index contributed by atoms with van der Waals surface area (Å²) in [6, 6.07) is 1.61. The van der Waals surface area contributed by atoms with E-state index in [2.05, 4.69) is 25.5 Å². The first-order valence-electron chi connectivity index (χ1n) is 6.95. The molecule has 0 saturated heterocycles. The van der Waals surface area contributed by atoms with Crippen molar-refractivity contribution in [1.82, 2.24) is 20.2 Å². The zero-order valence-electron chi connectivity index (χ0n) is 11.9. The van der Waals surface area contributed by atoms with Gasteiger partial charge in [-0.05, 0) is 18.4 Å². The molecule has 2 heterocycles. The van der Waals surface area contributed by atoms with Gasteiger partial charge in [0, 0.05) is 25.5 Å². The van der Waals surface area contributed by atoms with Crippen LogP contribution in [0.3, 0.4) is 0 Å². The Morgan fingerprint density at radius 2 is 2.38 bits per heavy atom. The van der Waals surface area contributed by atoms with Crippen molar-refractivity contribution in [3.63, 3.8) is 0 Å². The van der Waals surface area contributed by atoms with Crippen molar-refractivity contribution in [2.45, 2.75) is 19.8 Å². The van der Waals surface area contributed by atoms with E-state index in [-0.39, 0.29) is 18.3 Å². The molecule has 0 saturated carbocycles. The lowest BCUT2D eigenvalue weighted by molar-refractivity contribution is 0.103. The average molecular weight is 289 g/mol. The maximum atomic E-state index is 12.3. The monoisotopic (exact) mass is 289 g/mol. The molecule has 0 amide bonds. The molecule has 21 heavy (non-hydrogen) atoms. The molecule has 3 N–H and O–H groups in total. The maximum Gasteiger partial charge on any atom is 0.216 e. The third kappa shape index (κ3) is 3.85. The van der Waals surface area contributed by atoms with Gasteiger partial charge in [-0.3, -0.25) is 9.89 Å². The number of carbonyl (C=O) groups excluding carboxylic acids is 1. The van der Waals surface area contributed by atoms with Crippen LogP contribution in [0.25, 0.3) is 0 Å². The van der Waals surface area contributed by atoms with E-state index in [1.807, 2.05) is 6.92 Å². The normalized spacial score (nSPS) is 12.1. The van der Waals surface area contributed by atoms with Crippen LogP contribution < -0.4 is 5.32 Å². The highest BCUT2D eigenvalue weighted by atomic mass is 16.3. The molecule has 7 nitrogen and oxygen atoms in total. The van der Waals surface area contributed by atoms with Crippen LogP contribution in [-0.2, 0) is 0 Å². The summed E-state index contributed by atoms with van der Waals surface area (Å²) in [6.45, 7) is 2.85. The first kappa shape index (κ1) is 15.1. The minimum Gasteiger partial charge on any atom is -0.396 e. The Morgan fingerprint density at radius 3 is 3.05 bits per heavy atom. The summed E-state index contributed by atoms with van der Waals surface area (Å²) in [5.41, 5.74) is 0.799. The Hall–Kier alpha value is -2.28. The Morgan fingerprint density at radius 1 is 1.52 bits per heavy atom. The predicted octanol–water partition coefficient (Wildman–Crippen LogP) is 1.25. The molecule has 1 atom stereocenters. The third-order valence-electron chi connectivity index (χ3n) is 3.38. The first-order chi connectivity index (χ1) is 10.3. The molecule has 2 aromatic heterocycles. The van der Waals surface area contributed by atoms with Crippen molar-refractivity contribution in [3.05, 3.63) is 36.0 Å². The number of H-pyrrole nitrogens is 1. The van der Waals surface area contributed by atoms with Gasteiger partial charge in [0.05, 0.1) is 5.56 Å². The van der Waals surface area contributed by atoms with Gasteiger partial charge in [-0.25, -0.2) is 9.97 Å². The van der Waals surface area contributed by atoms with E-state index in [0.29, 0.717) is 23.6 Å². The van der Waals surface area contributed by atoms with E-state index >= 15 is 0 Å². The Labute approximate surface area is 122 Å². The summed E-state index contributed by atoms with van der Waals surface area (Å²) < 4.78 is 0. The minimum absolute atomic E-state index is 0.169. The molecule has 0 fully saturated rings. The number of aliphatic hydroxyl groups excluding tert-OH is 1. The SMILES string of the molecule is CCC(CO)CCNc1ncncc1C(=O)c1ccn[nH]1. The van der Waals surface area contributed by atoms with Crippen LogP contribution in [0.1, 0.15) is 35.8 Å². The van der Waals surface area contributed by atoms with Gasteiger partial charge in [0.25, 0.3) is 0 Å². The number of hydrogen-bond acceptors (Lipinski definition) is 6. The van der Waals surface area contributed by atoms with Crippen molar-refractivity contribution < 1.29 is 9.90 Å². The number of ketones is 1. The molecule has 0 aliphatic carbocycles. The maximum absolute atomic E-state index is 12.3. The number of rotatable bonds is 8. The lowest BCUT2D eigenvalue weighted by atomic mass is 10.0. The van der Waals surface area contributed by atoms with Gasteiger partial charge < -0.3 is 10.4 Å². The number of nitrogens with zero attached hydrogens (tertiary/aromatic N) is 3. The zero-order chi connectivity index (χ0) is 15.1. The highest BCUT2D eigenvalue weighted by Gasteiger charge is 2.16. The van der Waals surface area contributed by atoms with Crippen LogP contribution >= 0.6 is 0 Å². The Kier molecular flexibility index (Phi) is 5.39. The van der Waals surface area contributed by atoms with E-state index in [4.69, 9.17) is 0 Å². The van der Waals surface area contributed by atoms with E-state index in [0.717, 1.165) is 12.8 Å². The van der Waals surface area contributed by atoms with Gasteiger partial charge in [-0.15, -0.1) is 0 Å². The second kappa shape index (κ2) is 7.49. The number of anilines is 1. The molecule has 2 aromatic rings. The van der Waals surface area contributed by atoms with Crippen molar-refractivity contribution in [3.8, 4) is 0 Å². The van der Waals surface area contributed by atoms with E-state index < -0.39 is 0 Å². The average Bonchev–Trinajstić information content (AvgIpc) is 3.06. The molecule has 0 aromatic carbocycles. The molecular weight excluding hydrogens is 270 g/mol. The Balaban J connectivity index is 2.05. The molecule has 0 radical (unpaired) electrons. The van der Waals surface area contributed by atoms with Gasteiger partial charge in [-0.1, -0.05) is 13.3 Å². The molecule has 2 rings (SSSR count). The number of nitrogens with one attached hydrogen (secondary N) is 2. The lowest BCUT2D eigenvalue weighted by Gasteiger charge is -2.13. The van der Waals surface area contributed by atoms with Gasteiger partial charge in [-0.2, -0.15) is 5.10 Å². The summed E-state index contributed by atoms with van der Waals surface area (Å²) in [7, 11) is 0. The number of carbonyl (C=O) groups is 1. The van der Waals surface area contributed by atoms with Crippen molar-refractivity contribution >= 4 is 11.6 Å². The van der Waals surface area contributed by atoms with Crippen LogP contribution in [-0.4, -0.2) is 44.2 Å². The lowest BCUT2D eigenvalue weighted by Crippen LogP contribution is -2.15. The van der Waals surface area contributed by atoms with E-state index in [9.17, 15) is 9.90 Å². The summed E-state index contributed by atoms with van der Waals surface area (Å²) >= 11 is 0. The van der Waals surface area contributed by atoms with Gasteiger partial charge in [0.1, 0.15) is 17.8 Å². The predicted molar refractivity (Wildman–Crippen MR) is 78.0 cm³/mol. The quantitative estimate of drug-likeness (QED) is 0.632. The number of aromatic nitrogens is 4. The number of aromatic amines is 1. The highest BCUT2D eigenvalue weighted by Crippen LogP contribution is 2.15.